The second-order valence-electron chi connectivity index (χ2n) is 16.9. The van der Waals surface area contributed by atoms with E-state index >= 15 is 0 Å². The van der Waals surface area contributed by atoms with Gasteiger partial charge < -0.3 is 40.7 Å². The molecule has 3 rings (SSSR count). The molecule has 0 radical (unpaired) electrons. The first kappa shape index (κ1) is 56.0. The van der Waals surface area contributed by atoms with Gasteiger partial charge in [-0.15, -0.1) is 0 Å². The number of nitrogens with zero attached hydrogens (tertiary/aromatic N) is 3. The number of likely N-dealkylation sites (N-methyl/N-ethyl adjacent to an activating group) is 2. The van der Waals surface area contributed by atoms with Crippen molar-refractivity contribution in [2.24, 2.45) is 17.8 Å². The number of hydrogen-bond donors (Lipinski definition) is 4. The fraction of sp³-hybridized carbons (Fsp3) is 0.673. The molecule has 0 bridgehead atoms. The fourth-order valence-corrected chi connectivity index (χ4v) is 8.23. The Hall–Kier alpha value is -4.04. The smallest absolute Gasteiger partial charge is 0.242 e. The molecule has 0 aliphatic carbocycles. The van der Waals surface area contributed by atoms with Crippen molar-refractivity contribution in [3.8, 4) is 0 Å². The van der Waals surface area contributed by atoms with Gasteiger partial charge >= 0.3 is 0 Å². The van der Waals surface area contributed by atoms with Gasteiger partial charge in [-0.05, 0) is 68.3 Å². The molecule has 4 amide bonds. The number of ether oxygens (including phenoxy) is 2. The summed E-state index contributed by atoms with van der Waals surface area (Å²) in [4.78, 5) is 60.3. The van der Waals surface area contributed by atoms with Gasteiger partial charge in [0.1, 0.15) is 0 Å². The van der Waals surface area contributed by atoms with Crippen LogP contribution in [0.5, 0.6) is 0 Å². The van der Waals surface area contributed by atoms with E-state index in [9.17, 15) is 24.3 Å². The number of nitrogens with two attached hydrogens (primary N) is 1. The molecule has 0 spiro atoms. The van der Waals surface area contributed by atoms with E-state index < -0.39 is 42.4 Å². The largest absolute Gasteiger partial charge is 0.399 e. The van der Waals surface area contributed by atoms with Gasteiger partial charge in [0, 0.05) is 40.0 Å². The van der Waals surface area contributed by atoms with Crippen molar-refractivity contribution in [1.29, 1.82) is 0 Å². The monoisotopic (exact) mass is 869 g/mol. The van der Waals surface area contributed by atoms with Crippen molar-refractivity contribution < 1.29 is 33.8 Å². The Labute approximate surface area is 374 Å². The number of carbonyl (C=O) groups excluding carboxylic acids is 4. The number of nitrogens with one attached hydrogen (secondary N) is 2. The maximum atomic E-state index is 14.1. The summed E-state index contributed by atoms with van der Waals surface area (Å²) in [5.74, 6) is -1.53. The molecule has 1 fully saturated rings. The van der Waals surface area contributed by atoms with E-state index in [4.69, 9.17) is 15.2 Å². The lowest BCUT2D eigenvalue weighted by molar-refractivity contribution is -0.146. The minimum absolute atomic E-state index is 0.00610. The van der Waals surface area contributed by atoms with Crippen molar-refractivity contribution in [3.63, 3.8) is 0 Å². The highest BCUT2D eigenvalue weighted by Crippen LogP contribution is 2.30. The van der Waals surface area contributed by atoms with Crippen LogP contribution in [-0.2, 0) is 35.1 Å². The summed E-state index contributed by atoms with van der Waals surface area (Å²) in [5, 5.41) is 16.7. The summed E-state index contributed by atoms with van der Waals surface area (Å²) in [7, 11) is 6.73. The minimum Gasteiger partial charge on any atom is -0.399 e. The second-order valence-corrected chi connectivity index (χ2v) is 16.9. The highest BCUT2D eigenvalue weighted by molar-refractivity contribution is 5.88. The first-order valence-electron chi connectivity index (χ1n) is 22.9. The molecule has 1 aliphatic heterocycles. The number of carbonyl (C=O) groups is 4. The lowest BCUT2D eigenvalue weighted by Crippen LogP contribution is -2.55. The number of rotatable bonds is 22. The molecule has 0 saturated carbocycles. The van der Waals surface area contributed by atoms with E-state index in [0.717, 1.165) is 24.8 Å². The zero-order valence-electron chi connectivity index (χ0n) is 40.6. The molecule has 352 valence electrons. The van der Waals surface area contributed by atoms with E-state index in [1.807, 2.05) is 108 Å². The van der Waals surface area contributed by atoms with E-state index in [1.54, 1.807) is 44.9 Å². The van der Waals surface area contributed by atoms with Crippen LogP contribution in [-0.4, -0.2) is 128 Å². The summed E-state index contributed by atoms with van der Waals surface area (Å²) >= 11 is 0. The third kappa shape index (κ3) is 16.9. The summed E-state index contributed by atoms with van der Waals surface area (Å²) in [6.45, 7) is 20.8. The molecule has 13 nitrogen and oxygen atoms in total. The lowest BCUT2D eigenvalue weighted by atomic mass is 9.90. The molecular weight excluding hydrogens is 785 g/mol. The van der Waals surface area contributed by atoms with Crippen LogP contribution in [0.15, 0.2) is 54.6 Å². The number of nitrogen functional groups attached to an aromatic ring is 1. The normalized spacial score (nSPS) is 17.5. The van der Waals surface area contributed by atoms with Crippen molar-refractivity contribution in [2.45, 2.75) is 150 Å². The number of aliphatic hydroxyl groups excluding tert-OH is 1. The van der Waals surface area contributed by atoms with Crippen LogP contribution >= 0.6 is 0 Å². The molecule has 2 aromatic carbocycles. The number of aliphatic hydroxyl groups is 1. The Morgan fingerprint density at radius 3 is 2.03 bits per heavy atom. The van der Waals surface area contributed by atoms with Crippen LogP contribution in [0.4, 0.5) is 5.69 Å². The summed E-state index contributed by atoms with van der Waals surface area (Å²) in [5.41, 5.74) is 8.37. The number of benzene rings is 2. The van der Waals surface area contributed by atoms with E-state index in [1.165, 1.54) is 6.42 Å². The Bertz CT molecular complexity index is 1580. The number of methoxy groups -OCH3 is 2. The van der Waals surface area contributed by atoms with Crippen molar-refractivity contribution in [1.82, 2.24) is 25.3 Å². The minimum atomic E-state index is -0.881. The highest BCUT2D eigenvalue weighted by atomic mass is 16.5. The third-order valence-electron chi connectivity index (χ3n) is 11.8. The lowest BCUT2D eigenvalue weighted by Gasteiger charge is -2.39. The summed E-state index contributed by atoms with van der Waals surface area (Å²) < 4.78 is 11.9. The maximum absolute atomic E-state index is 14.1. The highest BCUT2D eigenvalue weighted by Gasteiger charge is 2.42. The molecule has 62 heavy (non-hydrogen) atoms. The first-order chi connectivity index (χ1) is 29.5. The first-order valence-corrected chi connectivity index (χ1v) is 22.9. The van der Waals surface area contributed by atoms with Gasteiger partial charge in [-0.25, -0.2) is 0 Å². The molecule has 1 aliphatic rings. The Balaban J connectivity index is 0.00000367. The second kappa shape index (κ2) is 29.3. The van der Waals surface area contributed by atoms with Crippen LogP contribution in [0.2, 0.25) is 0 Å². The predicted molar refractivity (Wildman–Crippen MR) is 251 cm³/mol. The van der Waals surface area contributed by atoms with Crippen LogP contribution in [0, 0.1) is 17.8 Å². The van der Waals surface area contributed by atoms with E-state index in [2.05, 4.69) is 24.5 Å². The summed E-state index contributed by atoms with van der Waals surface area (Å²) in [6.07, 6.45) is 2.10. The molecule has 13 heteroatoms. The standard InChI is InChI=1S/C44H70N6O7.C3H8.C2H6/c1-11-29(4)40(49(8)38(52)27-46-44(55)39(28(2)3)48(7)25-23-32-19-21-34(45)22-20-32)36(56-9)26-37(51)50-24-15-18-35(50)42(57-10)30(5)43(54)47-31(6)41(53)33-16-13-12-14-17-33;1-3-2;1-2/h12-14,16-17,19-22,28-31,35-36,39-42,53H,11,15,18,23-27,45H2,1-10H3,(H,46,55)(H,47,54);3H2,1-2H3;1-2H3. The number of amides is 4. The van der Waals surface area contributed by atoms with Crippen molar-refractivity contribution in [3.05, 3.63) is 65.7 Å². The van der Waals surface area contributed by atoms with Gasteiger partial charge in [0.05, 0.1) is 61.4 Å². The Morgan fingerprint density at radius 1 is 0.903 bits per heavy atom. The van der Waals surface area contributed by atoms with Crippen molar-refractivity contribution >= 4 is 29.3 Å². The van der Waals surface area contributed by atoms with Crippen LogP contribution in [0.25, 0.3) is 0 Å². The topological polar surface area (TPSA) is 167 Å². The van der Waals surface area contributed by atoms with E-state index in [-0.39, 0.29) is 54.5 Å². The van der Waals surface area contributed by atoms with Gasteiger partial charge in [-0.2, -0.15) is 0 Å². The van der Waals surface area contributed by atoms with Gasteiger partial charge in [0.15, 0.2) is 0 Å². The van der Waals surface area contributed by atoms with Crippen LogP contribution in [0.1, 0.15) is 119 Å². The fourth-order valence-electron chi connectivity index (χ4n) is 8.23. The van der Waals surface area contributed by atoms with Gasteiger partial charge in [0.25, 0.3) is 0 Å². The Kier molecular flexibility index (Phi) is 26.5. The summed E-state index contributed by atoms with van der Waals surface area (Å²) in [6, 6.07) is 15.1. The average molecular weight is 869 g/mol. The zero-order chi connectivity index (χ0) is 47.1. The Morgan fingerprint density at radius 2 is 1.50 bits per heavy atom. The predicted octanol–water partition coefficient (Wildman–Crippen LogP) is 6.49. The van der Waals surface area contributed by atoms with Gasteiger partial charge in [0.2, 0.25) is 23.6 Å². The SMILES string of the molecule is CC.CCC.CCC(C)C(C(CC(=O)N1CCCC1C(OC)C(C)C(=O)NC(C)C(O)c1ccccc1)OC)N(C)C(=O)CNC(=O)C(C(C)C)N(C)CCc1ccc(N)cc1. The molecule has 9 atom stereocenters. The number of hydrogen-bond acceptors (Lipinski definition) is 9. The van der Waals surface area contributed by atoms with Crippen molar-refractivity contribution in [2.75, 3.05) is 53.7 Å². The third-order valence-corrected chi connectivity index (χ3v) is 11.8. The molecule has 9 unspecified atom stereocenters. The molecule has 1 heterocycles. The zero-order valence-corrected chi connectivity index (χ0v) is 40.6. The van der Waals surface area contributed by atoms with Crippen LogP contribution in [0.3, 0.4) is 0 Å². The number of likely N-dealkylation sites (tertiary alicyclic amines) is 1. The molecule has 2 aromatic rings. The van der Waals surface area contributed by atoms with Gasteiger partial charge in [-0.3, -0.25) is 24.1 Å². The maximum Gasteiger partial charge on any atom is 0.242 e. The average Bonchev–Trinajstić information content (AvgIpc) is 3.75. The molecular formula is C49H84N6O7. The van der Waals surface area contributed by atoms with E-state index in [0.29, 0.717) is 30.8 Å². The molecule has 0 aromatic heterocycles. The quantitative estimate of drug-likeness (QED) is 0.0969. The molecule has 5 N–H and O–H groups in total. The van der Waals surface area contributed by atoms with Gasteiger partial charge in [-0.1, -0.05) is 118 Å². The van der Waals surface area contributed by atoms with Crippen LogP contribution < -0.4 is 16.4 Å². The number of anilines is 1. The molecule has 1 saturated heterocycles.